The third kappa shape index (κ3) is 2.67. The Bertz CT molecular complexity index is 841. The van der Waals surface area contributed by atoms with Crippen LogP contribution in [-0.4, -0.2) is 14.8 Å². The van der Waals surface area contributed by atoms with Crippen LogP contribution in [0.1, 0.15) is 42.1 Å². The van der Waals surface area contributed by atoms with Crippen LogP contribution in [-0.2, 0) is 6.42 Å². The monoisotopic (exact) mass is 338 g/mol. The van der Waals surface area contributed by atoms with Crippen LogP contribution in [0, 0.1) is 0 Å². The minimum atomic E-state index is 0.0771. The molecule has 122 valence electrons. The standard InChI is InChI=1S/C19H19ClN4/c1-2-13-7-9-14(10-8-13)17-11-18(15-5-3-4-6-16(15)20)24-19(23-17)21-12-22-24/h3-10,12,17-18H,2,11H2,1H3,(H,21,22,23)/t17-,18-/m1/s1. The first-order valence-corrected chi connectivity index (χ1v) is 8.63. The average Bonchev–Trinajstić information content (AvgIpc) is 3.10. The SMILES string of the molecule is CCc1ccc([C@H]2C[C@H](c3ccccc3Cl)n3ncnc3N2)cc1. The molecule has 0 radical (unpaired) electrons. The van der Waals surface area contributed by atoms with Crippen molar-refractivity contribution in [1.29, 1.82) is 0 Å². The van der Waals surface area contributed by atoms with Crippen LogP contribution in [0.5, 0.6) is 0 Å². The van der Waals surface area contributed by atoms with E-state index in [1.807, 2.05) is 22.9 Å². The first kappa shape index (κ1) is 15.2. The van der Waals surface area contributed by atoms with Crippen molar-refractivity contribution in [2.45, 2.75) is 31.8 Å². The van der Waals surface area contributed by atoms with E-state index in [0.29, 0.717) is 0 Å². The van der Waals surface area contributed by atoms with Crippen molar-refractivity contribution in [3.05, 3.63) is 76.6 Å². The van der Waals surface area contributed by atoms with Gasteiger partial charge in [0, 0.05) is 5.02 Å². The Morgan fingerprint density at radius 1 is 1.17 bits per heavy atom. The van der Waals surface area contributed by atoms with Gasteiger partial charge in [0.25, 0.3) is 0 Å². The highest BCUT2D eigenvalue weighted by Gasteiger charge is 2.30. The van der Waals surface area contributed by atoms with Gasteiger partial charge in [-0.15, -0.1) is 0 Å². The lowest BCUT2D eigenvalue weighted by Gasteiger charge is -2.32. The molecule has 5 heteroatoms. The molecular formula is C19H19ClN4. The van der Waals surface area contributed by atoms with Crippen LogP contribution < -0.4 is 5.32 Å². The Kier molecular flexibility index (Phi) is 3.98. The van der Waals surface area contributed by atoms with Crippen LogP contribution in [0.25, 0.3) is 0 Å². The molecule has 2 heterocycles. The highest BCUT2D eigenvalue weighted by Crippen LogP contribution is 2.39. The summed E-state index contributed by atoms with van der Waals surface area (Å²) in [5.41, 5.74) is 3.70. The Balaban J connectivity index is 1.72. The van der Waals surface area contributed by atoms with Crippen molar-refractivity contribution in [1.82, 2.24) is 14.8 Å². The van der Waals surface area contributed by atoms with Crippen molar-refractivity contribution in [3.8, 4) is 0 Å². The van der Waals surface area contributed by atoms with Gasteiger partial charge in [-0.1, -0.05) is 61.0 Å². The van der Waals surface area contributed by atoms with Crippen molar-refractivity contribution >= 4 is 17.5 Å². The summed E-state index contributed by atoms with van der Waals surface area (Å²) < 4.78 is 1.93. The molecule has 4 nitrogen and oxygen atoms in total. The zero-order chi connectivity index (χ0) is 16.5. The van der Waals surface area contributed by atoms with Gasteiger partial charge in [-0.25, -0.2) is 4.68 Å². The first-order valence-electron chi connectivity index (χ1n) is 8.25. The smallest absolute Gasteiger partial charge is 0.222 e. The van der Waals surface area contributed by atoms with E-state index in [0.717, 1.165) is 29.4 Å². The highest BCUT2D eigenvalue weighted by molar-refractivity contribution is 6.31. The van der Waals surface area contributed by atoms with Crippen LogP contribution >= 0.6 is 11.6 Å². The van der Waals surface area contributed by atoms with Crippen LogP contribution in [0.4, 0.5) is 5.95 Å². The van der Waals surface area contributed by atoms with Crippen LogP contribution in [0.15, 0.2) is 54.9 Å². The lowest BCUT2D eigenvalue weighted by molar-refractivity contribution is 0.431. The first-order chi connectivity index (χ1) is 11.8. The van der Waals surface area contributed by atoms with E-state index >= 15 is 0 Å². The predicted octanol–water partition coefficient (Wildman–Crippen LogP) is 4.64. The quantitative estimate of drug-likeness (QED) is 0.756. The van der Waals surface area contributed by atoms with Gasteiger partial charge in [0.2, 0.25) is 5.95 Å². The number of hydrogen-bond acceptors (Lipinski definition) is 3. The Hall–Kier alpha value is -2.33. The van der Waals surface area contributed by atoms with E-state index in [4.69, 9.17) is 11.6 Å². The summed E-state index contributed by atoms with van der Waals surface area (Å²) in [6.45, 7) is 2.17. The predicted molar refractivity (Wildman–Crippen MR) is 96.4 cm³/mol. The summed E-state index contributed by atoms with van der Waals surface area (Å²) in [7, 11) is 0. The second-order valence-corrected chi connectivity index (χ2v) is 6.50. The molecule has 2 atom stereocenters. The minimum absolute atomic E-state index is 0.0771. The van der Waals surface area contributed by atoms with E-state index in [9.17, 15) is 0 Å². The van der Waals surface area contributed by atoms with E-state index < -0.39 is 0 Å². The molecule has 24 heavy (non-hydrogen) atoms. The number of aryl methyl sites for hydroxylation is 1. The molecule has 0 unspecified atom stereocenters. The molecule has 1 aromatic heterocycles. The third-order valence-corrected chi connectivity index (χ3v) is 5.03. The maximum atomic E-state index is 6.44. The van der Waals surface area contributed by atoms with E-state index in [-0.39, 0.29) is 12.1 Å². The van der Waals surface area contributed by atoms with Gasteiger partial charge >= 0.3 is 0 Å². The number of hydrogen-bond donors (Lipinski definition) is 1. The molecule has 0 spiro atoms. The van der Waals surface area contributed by atoms with Crippen molar-refractivity contribution in [2.24, 2.45) is 0 Å². The van der Waals surface area contributed by atoms with Gasteiger partial charge in [-0.05, 0) is 35.6 Å². The Morgan fingerprint density at radius 2 is 1.96 bits per heavy atom. The molecule has 1 N–H and O–H groups in total. The molecule has 0 amide bonds. The molecule has 2 aromatic carbocycles. The molecule has 1 aliphatic rings. The number of nitrogens with one attached hydrogen (secondary N) is 1. The fourth-order valence-corrected chi connectivity index (χ4v) is 3.59. The van der Waals surface area contributed by atoms with Crippen LogP contribution in [0.2, 0.25) is 5.02 Å². The molecule has 0 aliphatic carbocycles. The fourth-order valence-electron chi connectivity index (χ4n) is 3.33. The average molecular weight is 339 g/mol. The van der Waals surface area contributed by atoms with Crippen molar-refractivity contribution in [3.63, 3.8) is 0 Å². The third-order valence-electron chi connectivity index (χ3n) is 4.69. The second kappa shape index (κ2) is 6.29. The Morgan fingerprint density at radius 3 is 2.71 bits per heavy atom. The number of aromatic nitrogens is 3. The van der Waals surface area contributed by atoms with Gasteiger partial charge < -0.3 is 5.32 Å². The molecule has 0 fully saturated rings. The second-order valence-electron chi connectivity index (χ2n) is 6.09. The largest absolute Gasteiger partial charge is 0.348 e. The topological polar surface area (TPSA) is 42.7 Å². The summed E-state index contributed by atoms with van der Waals surface area (Å²) >= 11 is 6.44. The zero-order valence-electron chi connectivity index (χ0n) is 13.5. The number of rotatable bonds is 3. The molecule has 0 saturated carbocycles. The van der Waals surface area contributed by atoms with Crippen LogP contribution in [0.3, 0.4) is 0 Å². The maximum Gasteiger partial charge on any atom is 0.222 e. The fraction of sp³-hybridized carbons (Fsp3) is 0.263. The molecule has 0 saturated heterocycles. The van der Waals surface area contributed by atoms with Gasteiger partial charge in [0.15, 0.2) is 0 Å². The normalized spacial score (nSPS) is 19.6. The minimum Gasteiger partial charge on any atom is -0.348 e. The summed E-state index contributed by atoms with van der Waals surface area (Å²) in [4.78, 5) is 4.37. The number of benzene rings is 2. The molecular weight excluding hydrogens is 320 g/mol. The van der Waals surface area contributed by atoms with E-state index in [2.05, 4.69) is 52.7 Å². The zero-order valence-corrected chi connectivity index (χ0v) is 14.2. The number of halogens is 1. The molecule has 1 aliphatic heterocycles. The summed E-state index contributed by atoms with van der Waals surface area (Å²) in [5.74, 6) is 0.788. The molecule has 4 rings (SSSR count). The van der Waals surface area contributed by atoms with E-state index in [1.165, 1.54) is 11.1 Å². The van der Waals surface area contributed by atoms with Crippen molar-refractivity contribution in [2.75, 3.05) is 5.32 Å². The number of anilines is 1. The molecule has 3 aromatic rings. The van der Waals surface area contributed by atoms with Gasteiger partial charge in [-0.2, -0.15) is 10.1 Å². The van der Waals surface area contributed by atoms with Crippen molar-refractivity contribution < 1.29 is 0 Å². The van der Waals surface area contributed by atoms with Gasteiger partial charge in [-0.3, -0.25) is 0 Å². The summed E-state index contributed by atoms with van der Waals surface area (Å²) in [6, 6.07) is 17.0. The van der Waals surface area contributed by atoms with E-state index in [1.54, 1.807) is 6.33 Å². The lowest BCUT2D eigenvalue weighted by atomic mass is 9.93. The lowest BCUT2D eigenvalue weighted by Crippen LogP contribution is -2.28. The molecule has 0 bridgehead atoms. The van der Waals surface area contributed by atoms with Gasteiger partial charge in [0.05, 0.1) is 12.1 Å². The van der Waals surface area contributed by atoms with Gasteiger partial charge in [0.1, 0.15) is 6.33 Å². The maximum absolute atomic E-state index is 6.44. The summed E-state index contributed by atoms with van der Waals surface area (Å²) in [5, 5.41) is 8.66. The Labute approximate surface area is 146 Å². The number of nitrogens with zero attached hydrogens (tertiary/aromatic N) is 3. The summed E-state index contributed by atoms with van der Waals surface area (Å²) in [6.07, 6.45) is 3.52. The highest BCUT2D eigenvalue weighted by atomic mass is 35.5. The number of fused-ring (bicyclic) bond motifs is 1.